The van der Waals surface area contributed by atoms with Crippen molar-refractivity contribution in [2.75, 3.05) is 6.54 Å². The summed E-state index contributed by atoms with van der Waals surface area (Å²) in [4.78, 5) is 10.8. The number of hydrogen-bond donors (Lipinski definition) is 1. The van der Waals surface area contributed by atoms with E-state index < -0.39 is 49.2 Å². The van der Waals surface area contributed by atoms with Gasteiger partial charge in [0.25, 0.3) is 15.0 Å². The van der Waals surface area contributed by atoms with Gasteiger partial charge in [-0.3, -0.25) is 4.79 Å². The Kier molecular flexibility index (Phi) is 5.08. The van der Waals surface area contributed by atoms with Crippen molar-refractivity contribution in [3.63, 3.8) is 0 Å². The van der Waals surface area contributed by atoms with Crippen molar-refractivity contribution in [1.82, 2.24) is 5.32 Å². The lowest BCUT2D eigenvalue weighted by atomic mass is 10.3. The molecule has 0 unspecified atom stereocenters. The Morgan fingerprint density at radius 3 is 2.45 bits per heavy atom. The molecule has 0 saturated heterocycles. The zero-order chi connectivity index (χ0) is 15.7. The van der Waals surface area contributed by atoms with Gasteiger partial charge in [0.1, 0.15) is 4.90 Å². The molecule has 1 rings (SSSR count). The molecule has 20 heavy (non-hydrogen) atoms. The molecule has 1 heterocycles. The minimum absolute atomic E-state index is 0.418. The van der Waals surface area contributed by atoms with Gasteiger partial charge < -0.3 is 9.73 Å². The summed E-state index contributed by atoms with van der Waals surface area (Å²) in [7, 11) is 0.785. The van der Waals surface area contributed by atoms with E-state index in [-0.39, 0.29) is 0 Å². The molecule has 5 nitrogen and oxygen atoms in total. The molecule has 0 radical (unpaired) electrons. The summed E-state index contributed by atoms with van der Waals surface area (Å²) in [5.74, 6) is -6.39. The first-order valence-electron chi connectivity index (χ1n) is 4.63. The summed E-state index contributed by atoms with van der Waals surface area (Å²) in [6, 6.07) is 0.669. The van der Waals surface area contributed by atoms with Gasteiger partial charge in [-0.2, -0.15) is 8.78 Å². The first-order valence-corrected chi connectivity index (χ1v) is 7.73. The van der Waals surface area contributed by atoms with E-state index in [4.69, 9.17) is 10.7 Å². The predicted molar refractivity (Wildman–Crippen MR) is 62.7 cm³/mol. The fraction of sp³-hybridized carbons (Fsp3) is 0.375. The van der Waals surface area contributed by atoms with E-state index in [1.165, 1.54) is 5.32 Å². The van der Waals surface area contributed by atoms with Gasteiger partial charge in [0.15, 0.2) is 10.4 Å². The molecule has 1 aromatic rings. The van der Waals surface area contributed by atoms with Crippen LogP contribution in [-0.2, 0) is 9.05 Å². The highest BCUT2D eigenvalue weighted by Gasteiger charge is 2.41. The summed E-state index contributed by atoms with van der Waals surface area (Å²) < 4.78 is 75.1. The van der Waals surface area contributed by atoms with Gasteiger partial charge in [-0.05, 0) is 15.9 Å². The molecule has 0 bridgehead atoms. The van der Waals surface area contributed by atoms with Gasteiger partial charge in [-0.15, -0.1) is 0 Å². The van der Waals surface area contributed by atoms with E-state index in [9.17, 15) is 30.8 Å². The molecule has 1 N–H and O–H groups in total. The highest BCUT2D eigenvalue weighted by atomic mass is 79.9. The molecule has 0 aliphatic carbocycles. The Bertz CT molecular complexity index is 618. The van der Waals surface area contributed by atoms with Crippen LogP contribution in [0.4, 0.5) is 17.6 Å². The van der Waals surface area contributed by atoms with E-state index in [1.54, 1.807) is 0 Å². The van der Waals surface area contributed by atoms with Gasteiger partial charge in [-0.1, -0.05) is 0 Å². The quantitative estimate of drug-likeness (QED) is 0.607. The Morgan fingerprint density at radius 1 is 1.50 bits per heavy atom. The third kappa shape index (κ3) is 4.09. The van der Waals surface area contributed by atoms with Crippen molar-refractivity contribution in [3.05, 3.63) is 16.5 Å². The lowest BCUT2D eigenvalue weighted by Gasteiger charge is -2.14. The lowest BCUT2D eigenvalue weighted by molar-refractivity contribution is -0.123. The van der Waals surface area contributed by atoms with Crippen LogP contribution in [0.5, 0.6) is 0 Å². The molecule has 0 fully saturated rings. The minimum Gasteiger partial charge on any atom is -0.443 e. The second-order valence-corrected chi connectivity index (χ2v) is 6.69. The first kappa shape index (κ1) is 17.2. The van der Waals surface area contributed by atoms with E-state index in [1.807, 2.05) is 0 Å². The highest BCUT2D eigenvalue weighted by Crippen LogP contribution is 2.29. The van der Waals surface area contributed by atoms with Crippen LogP contribution in [0.3, 0.4) is 0 Å². The zero-order valence-corrected chi connectivity index (χ0v) is 12.3. The molecular weight excluding hydrogens is 398 g/mol. The summed E-state index contributed by atoms with van der Waals surface area (Å²) >= 11 is 2.66. The Balaban J connectivity index is 2.85. The van der Waals surface area contributed by atoms with Crippen LogP contribution in [0, 0.1) is 0 Å². The first-order chi connectivity index (χ1) is 8.95. The number of carbonyl (C=O) groups is 1. The van der Waals surface area contributed by atoms with E-state index in [0.29, 0.717) is 6.07 Å². The largest absolute Gasteiger partial charge is 0.443 e. The van der Waals surface area contributed by atoms with Crippen LogP contribution in [-0.4, -0.2) is 33.2 Å². The smallest absolute Gasteiger partial charge is 0.324 e. The van der Waals surface area contributed by atoms with Crippen LogP contribution in [0.25, 0.3) is 0 Å². The minimum atomic E-state index is -4.42. The van der Waals surface area contributed by atoms with Gasteiger partial charge in [0, 0.05) is 16.7 Å². The standard InChI is InChI=1S/C8H5BrClF4NO4S/c9-5-4(20(10,17)18)1-3(19-5)6(16)15-2-8(13,14)7(11)12/h1,7H,2H2,(H,15,16). The number of halogens is 6. The van der Waals surface area contributed by atoms with Crippen molar-refractivity contribution in [1.29, 1.82) is 0 Å². The summed E-state index contributed by atoms with van der Waals surface area (Å²) in [5, 5.41) is 1.49. The maximum absolute atomic E-state index is 12.6. The van der Waals surface area contributed by atoms with Crippen LogP contribution >= 0.6 is 26.6 Å². The van der Waals surface area contributed by atoms with Gasteiger partial charge >= 0.3 is 12.3 Å². The molecule has 0 atom stereocenters. The molecule has 114 valence electrons. The topological polar surface area (TPSA) is 76.4 Å². The zero-order valence-electron chi connectivity index (χ0n) is 9.17. The second kappa shape index (κ2) is 5.90. The molecule has 0 aromatic carbocycles. The van der Waals surface area contributed by atoms with Crippen molar-refractivity contribution in [2.24, 2.45) is 0 Å². The number of nitrogens with one attached hydrogen (secondary N) is 1. The van der Waals surface area contributed by atoms with Crippen molar-refractivity contribution < 1.29 is 35.2 Å². The Morgan fingerprint density at radius 2 is 2.05 bits per heavy atom. The van der Waals surface area contributed by atoms with Gasteiger partial charge in [0.2, 0.25) is 0 Å². The fourth-order valence-electron chi connectivity index (χ4n) is 0.993. The monoisotopic (exact) mass is 401 g/mol. The number of hydrogen-bond acceptors (Lipinski definition) is 4. The SMILES string of the molecule is O=C(NCC(F)(F)C(F)F)c1cc(S(=O)(=O)Cl)c(Br)o1. The van der Waals surface area contributed by atoms with E-state index in [0.717, 1.165) is 0 Å². The molecular formula is C8H5BrClF4NO4S. The Labute approximate surface area is 122 Å². The molecule has 0 spiro atoms. The van der Waals surface area contributed by atoms with E-state index in [2.05, 4.69) is 20.3 Å². The fourth-order valence-corrected chi connectivity index (χ4v) is 3.03. The summed E-state index contributed by atoms with van der Waals surface area (Å²) in [5.41, 5.74) is 0. The molecule has 0 aliphatic rings. The molecule has 0 aliphatic heterocycles. The number of carbonyl (C=O) groups excluding carboxylic acids is 1. The van der Waals surface area contributed by atoms with Gasteiger partial charge in [-0.25, -0.2) is 17.2 Å². The maximum Gasteiger partial charge on any atom is 0.324 e. The third-order valence-corrected chi connectivity index (χ3v) is 4.12. The number of amides is 1. The summed E-state index contributed by atoms with van der Waals surface area (Å²) in [6.45, 7) is -1.63. The molecule has 0 saturated carbocycles. The maximum atomic E-state index is 12.6. The Hall–Kier alpha value is -0.810. The van der Waals surface area contributed by atoms with Crippen LogP contribution in [0.1, 0.15) is 10.6 Å². The number of alkyl halides is 4. The van der Waals surface area contributed by atoms with Crippen LogP contribution in [0.15, 0.2) is 20.0 Å². The highest BCUT2D eigenvalue weighted by molar-refractivity contribution is 9.10. The molecule has 1 amide bonds. The van der Waals surface area contributed by atoms with Gasteiger partial charge in [0.05, 0.1) is 6.54 Å². The van der Waals surface area contributed by atoms with E-state index >= 15 is 0 Å². The van der Waals surface area contributed by atoms with Crippen molar-refractivity contribution >= 4 is 41.6 Å². The average Bonchev–Trinajstić information content (AvgIpc) is 2.68. The van der Waals surface area contributed by atoms with Crippen LogP contribution in [0.2, 0.25) is 0 Å². The second-order valence-electron chi connectivity index (χ2n) is 3.43. The van der Waals surface area contributed by atoms with Crippen molar-refractivity contribution in [3.8, 4) is 0 Å². The lowest BCUT2D eigenvalue weighted by Crippen LogP contribution is -2.41. The summed E-state index contributed by atoms with van der Waals surface area (Å²) in [6.07, 6.45) is -3.95. The predicted octanol–water partition coefficient (Wildman–Crippen LogP) is 2.60. The normalized spacial score (nSPS) is 12.8. The average molecular weight is 403 g/mol. The van der Waals surface area contributed by atoms with Crippen molar-refractivity contribution in [2.45, 2.75) is 17.2 Å². The molecule has 1 aromatic heterocycles. The number of furan rings is 1. The third-order valence-electron chi connectivity index (χ3n) is 1.95. The number of rotatable bonds is 5. The van der Waals surface area contributed by atoms with Crippen LogP contribution < -0.4 is 5.32 Å². The molecule has 12 heteroatoms.